The third-order valence-corrected chi connectivity index (χ3v) is 2.24. The van der Waals surface area contributed by atoms with E-state index in [-0.39, 0.29) is 6.10 Å². The summed E-state index contributed by atoms with van der Waals surface area (Å²) in [6, 6.07) is 0. The van der Waals surface area contributed by atoms with Gasteiger partial charge in [-0.2, -0.15) is 0 Å². The first-order valence-corrected chi connectivity index (χ1v) is 4.43. The van der Waals surface area contributed by atoms with E-state index in [9.17, 15) is 9.59 Å². The van der Waals surface area contributed by atoms with Gasteiger partial charge in [-0.3, -0.25) is 9.59 Å². The molecule has 1 aliphatic carbocycles. The zero-order valence-corrected chi connectivity index (χ0v) is 7.91. The molecule has 0 radical (unpaired) electrons. The van der Waals surface area contributed by atoms with E-state index < -0.39 is 17.9 Å². The van der Waals surface area contributed by atoms with Crippen molar-refractivity contribution < 1.29 is 19.1 Å². The number of rotatable bonds is 3. The summed E-state index contributed by atoms with van der Waals surface area (Å²) in [5.41, 5.74) is 0. The number of esters is 2. The second-order valence-electron chi connectivity index (χ2n) is 3.23. The molecule has 74 valence electrons. The normalized spacial score (nSPS) is 18.6. The SMILES string of the molecule is COC(=O)C(C)C(=O)OC1CCC1. The van der Waals surface area contributed by atoms with E-state index in [4.69, 9.17) is 4.74 Å². The van der Waals surface area contributed by atoms with Gasteiger partial charge in [-0.15, -0.1) is 0 Å². The largest absolute Gasteiger partial charge is 0.468 e. The molecule has 1 unspecified atom stereocenters. The lowest BCUT2D eigenvalue weighted by atomic mass is 9.96. The predicted octanol–water partition coefficient (Wildman–Crippen LogP) is 0.891. The second-order valence-corrected chi connectivity index (χ2v) is 3.23. The lowest BCUT2D eigenvalue weighted by Gasteiger charge is -2.26. The highest BCUT2D eigenvalue weighted by atomic mass is 16.6. The van der Waals surface area contributed by atoms with Crippen molar-refractivity contribution >= 4 is 11.9 Å². The third kappa shape index (κ3) is 2.44. The molecule has 13 heavy (non-hydrogen) atoms. The number of methoxy groups -OCH3 is 1. The van der Waals surface area contributed by atoms with Gasteiger partial charge in [-0.05, 0) is 26.2 Å². The molecule has 1 aliphatic rings. The summed E-state index contributed by atoms with van der Waals surface area (Å²) in [7, 11) is 1.26. The highest BCUT2D eigenvalue weighted by Gasteiger charge is 2.28. The maximum atomic E-state index is 11.2. The Morgan fingerprint density at radius 2 is 1.92 bits per heavy atom. The van der Waals surface area contributed by atoms with E-state index in [1.54, 1.807) is 0 Å². The van der Waals surface area contributed by atoms with E-state index in [0.717, 1.165) is 19.3 Å². The van der Waals surface area contributed by atoms with Crippen LogP contribution in [0.15, 0.2) is 0 Å². The van der Waals surface area contributed by atoms with E-state index in [1.165, 1.54) is 14.0 Å². The predicted molar refractivity (Wildman–Crippen MR) is 44.9 cm³/mol. The molecule has 1 fully saturated rings. The van der Waals surface area contributed by atoms with Gasteiger partial charge >= 0.3 is 11.9 Å². The molecule has 0 heterocycles. The third-order valence-electron chi connectivity index (χ3n) is 2.24. The van der Waals surface area contributed by atoms with Crippen LogP contribution in [0.1, 0.15) is 26.2 Å². The van der Waals surface area contributed by atoms with E-state index in [2.05, 4.69) is 4.74 Å². The second kappa shape index (κ2) is 4.25. The molecule has 0 aromatic rings. The minimum atomic E-state index is -0.800. The fourth-order valence-corrected chi connectivity index (χ4v) is 1.03. The summed E-state index contributed by atoms with van der Waals surface area (Å²) in [4.78, 5) is 22.1. The van der Waals surface area contributed by atoms with Crippen LogP contribution in [0, 0.1) is 5.92 Å². The number of hydrogen-bond acceptors (Lipinski definition) is 4. The molecule has 0 amide bonds. The fraction of sp³-hybridized carbons (Fsp3) is 0.778. The fourth-order valence-electron chi connectivity index (χ4n) is 1.03. The van der Waals surface area contributed by atoms with Crippen LogP contribution in [0.25, 0.3) is 0 Å². The van der Waals surface area contributed by atoms with Gasteiger partial charge in [0.1, 0.15) is 6.10 Å². The Morgan fingerprint density at radius 1 is 1.31 bits per heavy atom. The summed E-state index contributed by atoms with van der Waals surface area (Å²) < 4.78 is 9.46. The smallest absolute Gasteiger partial charge is 0.320 e. The zero-order valence-electron chi connectivity index (χ0n) is 7.91. The van der Waals surface area contributed by atoms with Gasteiger partial charge in [0.15, 0.2) is 5.92 Å². The van der Waals surface area contributed by atoms with Crippen LogP contribution in [-0.2, 0) is 19.1 Å². The molecule has 0 spiro atoms. The van der Waals surface area contributed by atoms with E-state index in [1.807, 2.05) is 0 Å². The Labute approximate surface area is 77.2 Å². The molecule has 0 saturated heterocycles. The van der Waals surface area contributed by atoms with Crippen molar-refractivity contribution in [3.63, 3.8) is 0 Å². The molecular formula is C9H14O4. The summed E-state index contributed by atoms with van der Waals surface area (Å²) in [6.45, 7) is 1.49. The van der Waals surface area contributed by atoms with Gasteiger partial charge in [0.2, 0.25) is 0 Å². The number of carbonyl (C=O) groups is 2. The van der Waals surface area contributed by atoms with Crippen LogP contribution < -0.4 is 0 Å². The van der Waals surface area contributed by atoms with Crippen molar-refractivity contribution in [2.45, 2.75) is 32.3 Å². The van der Waals surface area contributed by atoms with Gasteiger partial charge in [0, 0.05) is 0 Å². The van der Waals surface area contributed by atoms with Gasteiger partial charge in [0.05, 0.1) is 7.11 Å². The maximum absolute atomic E-state index is 11.2. The Bertz CT molecular complexity index is 208. The van der Waals surface area contributed by atoms with E-state index in [0.29, 0.717) is 0 Å². The Kier molecular flexibility index (Phi) is 3.28. The lowest BCUT2D eigenvalue weighted by molar-refractivity contribution is -0.165. The summed E-state index contributed by atoms with van der Waals surface area (Å²) >= 11 is 0. The quantitative estimate of drug-likeness (QED) is 0.485. The molecule has 0 aromatic carbocycles. The van der Waals surface area contributed by atoms with Crippen LogP contribution in [0.4, 0.5) is 0 Å². The lowest BCUT2D eigenvalue weighted by Crippen LogP contribution is -2.31. The van der Waals surface area contributed by atoms with Crippen LogP contribution in [-0.4, -0.2) is 25.2 Å². The molecule has 1 saturated carbocycles. The molecule has 0 aromatic heterocycles. The maximum Gasteiger partial charge on any atom is 0.320 e. The van der Waals surface area contributed by atoms with Crippen molar-refractivity contribution in [1.82, 2.24) is 0 Å². The average Bonchev–Trinajstić information content (AvgIpc) is 2.08. The standard InChI is InChI=1S/C9H14O4/c1-6(8(10)12-2)9(11)13-7-4-3-5-7/h6-7H,3-5H2,1-2H3. The van der Waals surface area contributed by atoms with Crippen molar-refractivity contribution in [2.75, 3.05) is 7.11 Å². The summed E-state index contributed by atoms with van der Waals surface area (Å²) in [5.74, 6) is -1.81. The van der Waals surface area contributed by atoms with Crippen LogP contribution in [0.3, 0.4) is 0 Å². The van der Waals surface area contributed by atoms with Crippen LogP contribution >= 0.6 is 0 Å². The first kappa shape index (κ1) is 10.0. The van der Waals surface area contributed by atoms with Gasteiger partial charge in [-0.1, -0.05) is 0 Å². The van der Waals surface area contributed by atoms with Crippen molar-refractivity contribution in [3.8, 4) is 0 Å². The number of ether oxygens (including phenoxy) is 2. The first-order valence-electron chi connectivity index (χ1n) is 4.43. The molecule has 1 atom stereocenters. The molecular weight excluding hydrogens is 172 g/mol. The average molecular weight is 186 g/mol. The Balaban J connectivity index is 2.32. The van der Waals surface area contributed by atoms with Crippen molar-refractivity contribution in [1.29, 1.82) is 0 Å². The molecule has 4 heteroatoms. The zero-order chi connectivity index (χ0) is 9.84. The van der Waals surface area contributed by atoms with Crippen LogP contribution in [0.5, 0.6) is 0 Å². The minimum Gasteiger partial charge on any atom is -0.468 e. The van der Waals surface area contributed by atoms with Gasteiger partial charge in [-0.25, -0.2) is 0 Å². The Hall–Kier alpha value is -1.06. The monoisotopic (exact) mass is 186 g/mol. The highest BCUT2D eigenvalue weighted by molar-refractivity contribution is 5.94. The van der Waals surface area contributed by atoms with Gasteiger partial charge in [0.25, 0.3) is 0 Å². The molecule has 0 N–H and O–H groups in total. The Morgan fingerprint density at radius 3 is 2.31 bits per heavy atom. The molecule has 1 rings (SSSR count). The topological polar surface area (TPSA) is 52.6 Å². The van der Waals surface area contributed by atoms with Crippen LogP contribution in [0.2, 0.25) is 0 Å². The van der Waals surface area contributed by atoms with Gasteiger partial charge < -0.3 is 9.47 Å². The summed E-state index contributed by atoms with van der Waals surface area (Å²) in [5, 5.41) is 0. The first-order chi connectivity index (χ1) is 6.15. The van der Waals surface area contributed by atoms with Crippen molar-refractivity contribution in [3.05, 3.63) is 0 Å². The van der Waals surface area contributed by atoms with Crippen molar-refractivity contribution in [2.24, 2.45) is 5.92 Å². The number of carbonyl (C=O) groups excluding carboxylic acids is 2. The highest BCUT2D eigenvalue weighted by Crippen LogP contribution is 2.23. The molecule has 0 bridgehead atoms. The molecule has 4 nitrogen and oxygen atoms in total. The van der Waals surface area contributed by atoms with E-state index >= 15 is 0 Å². The number of hydrogen-bond donors (Lipinski definition) is 0. The minimum absolute atomic E-state index is 0.0274. The molecule has 0 aliphatic heterocycles. The summed E-state index contributed by atoms with van der Waals surface area (Å²) in [6.07, 6.45) is 2.96.